The summed E-state index contributed by atoms with van der Waals surface area (Å²) < 4.78 is 6.11. The highest BCUT2D eigenvalue weighted by Gasteiger charge is 2.38. The van der Waals surface area contributed by atoms with Gasteiger partial charge in [-0.05, 0) is 45.1 Å². The molecule has 0 unspecified atom stereocenters. The van der Waals surface area contributed by atoms with Gasteiger partial charge in [-0.1, -0.05) is 17.7 Å². The molecule has 2 aliphatic rings. The molecule has 3 atom stereocenters. The second kappa shape index (κ2) is 6.15. The van der Waals surface area contributed by atoms with Crippen LogP contribution >= 0.6 is 0 Å². The Hall–Kier alpha value is -1.06. The number of aryl methyl sites for hydroxylation is 1. The predicted octanol–water partition coefficient (Wildman–Crippen LogP) is 3.42. The van der Waals surface area contributed by atoms with E-state index >= 15 is 0 Å². The number of aliphatic hydroxyl groups excluding tert-OH is 1. The summed E-state index contributed by atoms with van der Waals surface area (Å²) in [5.74, 6) is 0.580. The number of anilines is 1. The van der Waals surface area contributed by atoms with Crippen LogP contribution in [0.3, 0.4) is 0 Å². The maximum Gasteiger partial charge on any atom is 0.0892 e. The number of nitrogens with one attached hydrogen (secondary N) is 1. The molecule has 2 N–H and O–H groups in total. The fraction of sp³-hybridized carbons (Fsp3) is 0.647. The molecule has 2 heterocycles. The smallest absolute Gasteiger partial charge is 0.0892 e. The first-order chi connectivity index (χ1) is 9.79. The van der Waals surface area contributed by atoms with Gasteiger partial charge in [0.25, 0.3) is 0 Å². The van der Waals surface area contributed by atoms with Crippen LogP contribution in [0.1, 0.15) is 49.3 Å². The topological polar surface area (TPSA) is 41.5 Å². The monoisotopic (exact) mass is 275 g/mol. The van der Waals surface area contributed by atoms with Gasteiger partial charge in [-0.3, -0.25) is 0 Å². The average Bonchev–Trinajstić information content (AvgIpc) is 2.48. The summed E-state index contributed by atoms with van der Waals surface area (Å²) in [4.78, 5) is 0. The number of aliphatic hydroxyl groups is 1. The SMILES string of the molecule is Cc1ccc2c(c1)[C@@H]1OCCC[C@H]1[C@@H](CCCCO)N2. The minimum Gasteiger partial charge on any atom is -0.396 e. The Kier molecular flexibility index (Phi) is 4.27. The molecule has 3 nitrogen and oxygen atoms in total. The van der Waals surface area contributed by atoms with Crippen LogP contribution in [0.25, 0.3) is 0 Å². The van der Waals surface area contributed by atoms with E-state index in [0.717, 1.165) is 25.9 Å². The number of benzene rings is 1. The lowest BCUT2D eigenvalue weighted by molar-refractivity contribution is -0.0387. The number of fused-ring (bicyclic) bond motifs is 3. The number of hydrogen-bond acceptors (Lipinski definition) is 3. The summed E-state index contributed by atoms with van der Waals surface area (Å²) in [7, 11) is 0. The molecule has 1 saturated heterocycles. The molecule has 0 bridgehead atoms. The van der Waals surface area contributed by atoms with Gasteiger partial charge < -0.3 is 15.2 Å². The summed E-state index contributed by atoms with van der Waals surface area (Å²) in [5, 5.41) is 12.7. The van der Waals surface area contributed by atoms with Crippen molar-refractivity contribution in [2.45, 2.75) is 51.2 Å². The highest BCUT2D eigenvalue weighted by molar-refractivity contribution is 5.57. The number of unbranched alkanes of at least 4 members (excludes halogenated alkanes) is 1. The van der Waals surface area contributed by atoms with Gasteiger partial charge >= 0.3 is 0 Å². The van der Waals surface area contributed by atoms with Crippen LogP contribution in [0.2, 0.25) is 0 Å². The molecule has 0 amide bonds. The van der Waals surface area contributed by atoms with Gasteiger partial charge in [-0.2, -0.15) is 0 Å². The van der Waals surface area contributed by atoms with Gasteiger partial charge in [-0.15, -0.1) is 0 Å². The largest absolute Gasteiger partial charge is 0.396 e. The second-order valence-corrected chi connectivity index (χ2v) is 6.16. The predicted molar refractivity (Wildman–Crippen MR) is 80.9 cm³/mol. The molecular formula is C17H25NO2. The minimum absolute atomic E-state index is 0.263. The molecule has 2 aliphatic heterocycles. The van der Waals surface area contributed by atoms with Crippen LogP contribution in [-0.2, 0) is 4.74 Å². The van der Waals surface area contributed by atoms with Gasteiger partial charge in [0.2, 0.25) is 0 Å². The maximum absolute atomic E-state index is 8.97. The van der Waals surface area contributed by atoms with Crippen molar-refractivity contribution in [2.75, 3.05) is 18.5 Å². The molecule has 0 aliphatic carbocycles. The van der Waals surface area contributed by atoms with Crippen molar-refractivity contribution in [1.82, 2.24) is 0 Å². The third-order valence-corrected chi connectivity index (χ3v) is 4.66. The second-order valence-electron chi connectivity index (χ2n) is 6.16. The molecule has 20 heavy (non-hydrogen) atoms. The van der Waals surface area contributed by atoms with E-state index in [9.17, 15) is 0 Å². The normalized spacial score (nSPS) is 28.4. The Labute approximate surface area is 121 Å². The van der Waals surface area contributed by atoms with Crippen LogP contribution in [0.5, 0.6) is 0 Å². The average molecular weight is 275 g/mol. The summed E-state index contributed by atoms with van der Waals surface area (Å²) in [6, 6.07) is 7.12. The molecule has 1 aromatic carbocycles. The first-order valence-electron chi connectivity index (χ1n) is 7.89. The van der Waals surface area contributed by atoms with E-state index in [1.165, 1.54) is 29.7 Å². The Bertz CT molecular complexity index is 460. The number of hydrogen-bond donors (Lipinski definition) is 2. The Morgan fingerprint density at radius 1 is 1.35 bits per heavy atom. The molecule has 1 aromatic rings. The molecule has 110 valence electrons. The van der Waals surface area contributed by atoms with Gasteiger partial charge in [-0.25, -0.2) is 0 Å². The van der Waals surface area contributed by atoms with E-state index in [-0.39, 0.29) is 6.10 Å². The van der Waals surface area contributed by atoms with Crippen LogP contribution in [-0.4, -0.2) is 24.4 Å². The van der Waals surface area contributed by atoms with Gasteiger partial charge in [0.15, 0.2) is 0 Å². The zero-order valence-electron chi connectivity index (χ0n) is 12.3. The minimum atomic E-state index is 0.263. The van der Waals surface area contributed by atoms with Crippen molar-refractivity contribution in [3.63, 3.8) is 0 Å². The first kappa shape index (κ1) is 13.9. The number of ether oxygens (including phenoxy) is 1. The molecule has 1 fully saturated rings. The Morgan fingerprint density at radius 2 is 2.25 bits per heavy atom. The Morgan fingerprint density at radius 3 is 3.10 bits per heavy atom. The zero-order valence-corrected chi connectivity index (χ0v) is 12.3. The van der Waals surface area contributed by atoms with Crippen LogP contribution < -0.4 is 5.32 Å². The standard InChI is InChI=1S/C17H25NO2/c1-12-7-8-16-14(11-12)17-13(5-4-10-20-17)15(18-16)6-2-3-9-19/h7-8,11,13,15,17-19H,2-6,9-10H2,1H3/t13-,15+,17+/m0/s1. The molecule has 0 aromatic heterocycles. The van der Waals surface area contributed by atoms with Crippen molar-refractivity contribution in [3.8, 4) is 0 Å². The van der Waals surface area contributed by atoms with Crippen LogP contribution in [0.4, 0.5) is 5.69 Å². The Balaban J connectivity index is 1.83. The van der Waals surface area contributed by atoms with Crippen LogP contribution in [0, 0.1) is 12.8 Å². The van der Waals surface area contributed by atoms with Crippen molar-refractivity contribution >= 4 is 5.69 Å². The van der Waals surface area contributed by atoms with E-state index in [1.54, 1.807) is 0 Å². The summed E-state index contributed by atoms with van der Waals surface area (Å²) in [6.07, 6.45) is 5.78. The van der Waals surface area contributed by atoms with Crippen molar-refractivity contribution in [2.24, 2.45) is 5.92 Å². The highest BCUT2D eigenvalue weighted by Crippen LogP contribution is 2.45. The quantitative estimate of drug-likeness (QED) is 0.827. The van der Waals surface area contributed by atoms with Crippen LogP contribution in [0.15, 0.2) is 18.2 Å². The molecule has 3 rings (SSSR count). The third-order valence-electron chi connectivity index (χ3n) is 4.66. The number of rotatable bonds is 4. The molecular weight excluding hydrogens is 250 g/mol. The zero-order chi connectivity index (χ0) is 13.9. The molecule has 0 saturated carbocycles. The summed E-state index contributed by atoms with van der Waals surface area (Å²) in [6.45, 7) is 3.33. The van der Waals surface area contributed by atoms with E-state index in [4.69, 9.17) is 9.84 Å². The van der Waals surface area contributed by atoms with E-state index in [2.05, 4.69) is 30.4 Å². The maximum atomic E-state index is 8.97. The lowest BCUT2D eigenvalue weighted by Crippen LogP contribution is -2.41. The lowest BCUT2D eigenvalue weighted by atomic mass is 9.78. The van der Waals surface area contributed by atoms with Crippen molar-refractivity contribution in [3.05, 3.63) is 29.3 Å². The van der Waals surface area contributed by atoms with E-state index < -0.39 is 0 Å². The summed E-state index contributed by atoms with van der Waals surface area (Å²) in [5.41, 5.74) is 3.89. The fourth-order valence-electron chi connectivity index (χ4n) is 3.65. The molecule has 0 spiro atoms. The fourth-order valence-corrected chi connectivity index (χ4v) is 3.65. The molecule has 3 heteroatoms. The first-order valence-corrected chi connectivity index (χ1v) is 7.89. The lowest BCUT2D eigenvalue weighted by Gasteiger charge is -2.43. The van der Waals surface area contributed by atoms with Gasteiger partial charge in [0.05, 0.1) is 6.10 Å². The van der Waals surface area contributed by atoms with E-state index in [0.29, 0.717) is 18.6 Å². The molecule has 0 radical (unpaired) electrons. The van der Waals surface area contributed by atoms with E-state index in [1.807, 2.05) is 0 Å². The highest BCUT2D eigenvalue weighted by atomic mass is 16.5. The summed E-state index contributed by atoms with van der Waals surface area (Å²) >= 11 is 0. The third kappa shape index (κ3) is 2.70. The van der Waals surface area contributed by atoms with Crippen molar-refractivity contribution < 1.29 is 9.84 Å². The van der Waals surface area contributed by atoms with Gasteiger partial charge in [0, 0.05) is 36.4 Å². The van der Waals surface area contributed by atoms with Gasteiger partial charge in [0.1, 0.15) is 0 Å². The van der Waals surface area contributed by atoms with Crippen molar-refractivity contribution in [1.29, 1.82) is 0 Å².